The standard InChI is InChI=1S/C14H19ClN2O.ClH/c1-17(9-10-2-5-12(15)6-3-10)14(18)11-4-7-13(16)8-11;/h2-3,5-6,11,13H,4,7-9,16H2,1H3;1H. The second-order valence-corrected chi connectivity index (χ2v) is 5.53. The van der Waals surface area contributed by atoms with Crippen LogP contribution in [0.25, 0.3) is 0 Å². The molecule has 0 aliphatic heterocycles. The summed E-state index contributed by atoms with van der Waals surface area (Å²) in [5, 5.41) is 0.717. The lowest BCUT2D eigenvalue weighted by Crippen LogP contribution is -2.32. The molecule has 1 aromatic rings. The Kier molecular flexibility index (Phi) is 6.11. The first-order valence-electron chi connectivity index (χ1n) is 6.31. The molecule has 3 nitrogen and oxygen atoms in total. The van der Waals surface area contributed by atoms with Gasteiger partial charge < -0.3 is 10.6 Å². The Hall–Kier alpha value is -0.770. The molecule has 1 aromatic carbocycles. The molecule has 2 N–H and O–H groups in total. The molecular weight excluding hydrogens is 283 g/mol. The van der Waals surface area contributed by atoms with Gasteiger partial charge in [0.05, 0.1) is 0 Å². The van der Waals surface area contributed by atoms with Gasteiger partial charge in [0.2, 0.25) is 5.91 Å². The number of halogens is 2. The summed E-state index contributed by atoms with van der Waals surface area (Å²) in [6.45, 7) is 0.627. The van der Waals surface area contributed by atoms with E-state index in [1.165, 1.54) is 0 Å². The summed E-state index contributed by atoms with van der Waals surface area (Å²) >= 11 is 5.84. The smallest absolute Gasteiger partial charge is 0.225 e. The van der Waals surface area contributed by atoms with Gasteiger partial charge in [-0.25, -0.2) is 0 Å². The first kappa shape index (κ1) is 16.3. The van der Waals surface area contributed by atoms with Crippen LogP contribution in [0.1, 0.15) is 24.8 Å². The second kappa shape index (κ2) is 7.13. The average molecular weight is 303 g/mol. The lowest BCUT2D eigenvalue weighted by Gasteiger charge is -2.21. The van der Waals surface area contributed by atoms with Crippen molar-refractivity contribution in [2.75, 3.05) is 7.05 Å². The number of nitrogens with zero attached hydrogens (tertiary/aromatic N) is 1. The van der Waals surface area contributed by atoms with Crippen LogP contribution in [0.15, 0.2) is 24.3 Å². The molecule has 0 spiro atoms. The number of nitrogens with two attached hydrogens (primary N) is 1. The quantitative estimate of drug-likeness (QED) is 0.933. The van der Waals surface area contributed by atoms with Crippen LogP contribution < -0.4 is 5.73 Å². The zero-order valence-electron chi connectivity index (χ0n) is 11.0. The number of rotatable bonds is 3. The van der Waals surface area contributed by atoms with E-state index >= 15 is 0 Å². The SMILES string of the molecule is CN(Cc1ccc(Cl)cc1)C(=O)C1CCC(N)C1.Cl. The Morgan fingerprint density at radius 1 is 1.37 bits per heavy atom. The van der Waals surface area contributed by atoms with Gasteiger partial charge in [0.15, 0.2) is 0 Å². The van der Waals surface area contributed by atoms with Crippen molar-refractivity contribution >= 4 is 29.9 Å². The highest BCUT2D eigenvalue weighted by atomic mass is 35.5. The molecule has 5 heteroatoms. The minimum atomic E-state index is 0. The van der Waals surface area contributed by atoms with Crippen LogP contribution >= 0.6 is 24.0 Å². The number of hydrogen-bond acceptors (Lipinski definition) is 2. The van der Waals surface area contributed by atoms with Crippen molar-refractivity contribution < 1.29 is 4.79 Å². The van der Waals surface area contributed by atoms with Crippen molar-refractivity contribution in [3.05, 3.63) is 34.9 Å². The van der Waals surface area contributed by atoms with E-state index < -0.39 is 0 Å². The Labute approximate surface area is 125 Å². The van der Waals surface area contributed by atoms with E-state index in [1.54, 1.807) is 4.90 Å². The molecule has 0 heterocycles. The largest absolute Gasteiger partial charge is 0.341 e. The van der Waals surface area contributed by atoms with Crippen molar-refractivity contribution in [1.29, 1.82) is 0 Å². The summed E-state index contributed by atoms with van der Waals surface area (Å²) in [6, 6.07) is 7.79. The zero-order valence-corrected chi connectivity index (χ0v) is 12.6. The summed E-state index contributed by atoms with van der Waals surface area (Å²) in [6.07, 6.45) is 2.71. The third-order valence-electron chi connectivity index (χ3n) is 3.53. The number of carbonyl (C=O) groups is 1. The fourth-order valence-corrected chi connectivity index (χ4v) is 2.62. The second-order valence-electron chi connectivity index (χ2n) is 5.09. The molecule has 0 bridgehead atoms. The highest BCUT2D eigenvalue weighted by Gasteiger charge is 2.29. The van der Waals surface area contributed by atoms with Crippen molar-refractivity contribution in [2.45, 2.75) is 31.8 Å². The molecule has 2 rings (SSSR count). The molecule has 1 saturated carbocycles. The van der Waals surface area contributed by atoms with Gasteiger partial charge in [0.25, 0.3) is 0 Å². The predicted octanol–water partition coefficient (Wildman–Crippen LogP) is 2.85. The van der Waals surface area contributed by atoms with Gasteiger partial charge in [0.1, 0.15) is 0 Å². The van der Waals surface area contributed by atoms with Gasteiger partial charge in [-0.1, -0.05) is 23.7 Å². The van der Waals surface area contributed by atoms with E-state index in [1.807, 2.05) is 31.3 Å². The van der Waals surface area contributed by atoms with Crippen molar-refractivity contribution in [3.63, 3.8) is 0 Å². The maximum Gasteiger partial charge on any atom is 0.225 e. The highest BCUT2D eigenvalue weighted by molar-refractivity contribution is 6.30. The third-order valence-corrected chi connectivity index (χ3v) is 3.78. The normalized spacial score (nSPS) is 21.8. The minimum Gasteiger partial charge on any atom is -0.341 e. The maximum atomic E-state index is 12.2. The first-order valence-corrected chi connectivity index (χ1v) is 6.69. The highest BCUT2D eigenvalue weighted by Crippen LogP contribution is 2.26. The molecule has 1 fully saturated rings. The molecule has 2 unspecified atom stereocenters. The predicted molar refractivity (Wildman–Crippen MR) is 80.5 cm³/mol. The molecule has 1 aliphatic rings. The Balaban J connectivity index is 0.00000180. The first-order chi connectivity index (χ1) is 8.56. The van der Waals surface area contributed by atoms with E-state index in [2.05, 4.69) is 0 Å². The Bertz CT molecular complexity index is 422. The number of benzene rings is 1. The molecule has 2 atom stereocenters. The van der Waals surface area contributed by atoms with Gasteiger partial charge in [-0.3, -0.25) is 4.79 Å². The van der Waals surface area contributed by atoms with Gasteiger partial charge in [-0.2, -0.15) is 0 Å². The molecule has 0 radical (unpaired) electrons. The van der Waals surface area contributed by atoms with E-state index in [0.717, 1.165) is 29.8 Å². The van der Waals surface area contributed by atoms with E-state index in [0.29, 0.717) is 6.54 Å². The van der Waals surface area contributed by atoms with Gasteiger partial charge >= 0.3 is 0 Å². The third kappa shape index (κ3) is 4.37. The van der Waals surface area contributed by atoms with Crippen LogP contribution in [-0.2, 0) is 11.3 Å². The lowest BCUT2D eigenvalue weighted by atomic mass is 10.1. The Morgan fingerprint density at radius 3 is 2.53 bits per heavy atom. The van der Waals surface area contributed by atoms with Crippen molar-refractivity contribution in [1.82, 2.24) is 4.90 Å². The van der Waals surface area contributed by atoms with Gasteiger partial charge in [0, 0.05) is 30.6 Å². The van der Waals surface area contributed by atoms with Crippen LogP contribution in [-0.4, -0.2) is 23.9 Å². The minimum absolute atomic E-state index is 0. The monoisotopic (exact) mass is 302 g/mol. The summed E-state index contributed by atoms with van der Waals surface area (Å²) in [5.74, 6) is 0.315. The molecule has 1 amide bonds. The van der Waals surface area contributed by atoms with Crippen LogP contribution in [0, 0.1) is 5.92 Å². The van der Waals surface area contributed by atoms with Crippen molar-refractivity contribution in [2.24, 2.45) is 11.7 Å². The fourth-order valence-electron chi connectivity index (χ4n) is 2.49. The molecule has 19 heavy (non-hydrogen) atoms. The number of hydrogen-bond donors (Lipinski definition) is 1. The molecule has 0 saturated heterocycles. The van der Waals surface area contributed by atoms with Gasteiger partial charge in [-0.15, -0.1) is 12.4 Å². The molecular formula is C14H20Cl2N2O. The van der Waals surface area contributed by atoms with E-state index in [4.69, 9.17) is 17.3 Å². The molecule has 106 valence electrons. The van der Waals surface area contributed by atoms with E-state index in [9.17, 15) is 4.79 Å². The summed E-state index contributed by atoms with van der Waals surface area (Å²) in [7, 11) is 1.85. The lowest BCUT2D eigenvalue weighted by molar-refractivity contribution is -0.134. The number of amides is 1. The summed E-state index contributed by atoms with van der Waals surface area (Å²) in [4.78, 5) is 14.0. The maximum absolute atomic E-state index is 12.2. The average Bonchev–Trinajstić information content (AvgIpc) is 2.78. The van der Waals surface area contributed by atoms with Crippen LogP contribution in [0.5, 0.6) is 0 Å². The zero-order chi connectivity index (χ0) is 13.1. The van der Waals surface area contributed by atoms with E-state index in [-0.39, 0.29) is 30.3 Å². The summed E-state index contributed by atoms with van der Waals surface area (Å²) in [5.41, 5.74) is 6.94. The fraction of sp³-hybridized carbons (Fsp3) is 0.500. The Morgan fingerprint density at radius 2 is 2.00 bits per heavy atom. The van der Waals surface area contributed by atoms with Gasteiger partial charge in [-0.05, 0) is 37.0 Å². The molecule has 0 aromatic heterocycles. The van der Waals surface area contributed by atoms with Crippen LogP contribution in [0.2, 0.25) is 5.02 Å². The van der Waals surface area contributed by atoms with Crippen LogP contribution in [0.3, 0.4) is 0 Å². The van der Waals surface area contributed by atoms with Crippen LogP contribution in [0.4, 0.5) is 0 Å². The molecule has 1 aliphatic carbocycles. The number of carbonyl (C=O) groups excluding carboxylic acids is 1. The summed E-state index contributed by atoms with van der Waals surface area (Å²) < 4.78 is 0. The van der Waals surface area contributed by atoms with Crippen molar-refractivity contribution in [3.8, 4) is 0 Å². The topological polar surface area (TPSA) is 46.3 Å².